The van der Waals surface area contributed by atoms with E-state index in [-0.39, 0.29) is 6.54 Å². The molecule has 0 heterocycles. The van der Waals surface area contributed by atoms with E-state index in [0.717, 1.165) is 11.1 Å². The highest BCUT2D eigenvalue weighted by atomic mass is 32.2. The molecular formula is C18H19NO3S. The second-order valence-electron chi connectivity index (χ2n) is 4.99. The number of carbonyl (C=O) groups excluding carboxylic acids is 1. The van der Waals surface area contributed by atoms with E-state index in [1.807, 2.05) is 49.4 Å². The summed E-state index contributed by atoms with van der Waals surface area (Å²) in [7, 11) is -0.243. The average Bonchev–Trinajstić information content (AvgIpc) is 2.59. The molecule has 2 rings (SSSR count). The summed E-state index contributed by atoms with van der Waals surface area (Å²) in [6, 6.07) is 16.7. The van der Waals surface area contributed by atoms with E-state index in [2.05, 4.69) is 6.58 Å². The van der Waals surface area contributed by atoms with Crippen molar-refractivity contribution in [2.75, 3.05) is 13.7 Å². The Bertz CT molecular complexity index is 711. The van der Waals surface area contributed by atoms with Crippen molar-refractivity contribution in [2.45, 2.75) is 11.8 Å². The minimum absolute atomic E-state index is 0.134. The molecule has 0 aliphatic rings. The first-order valence-electron chi connectivity index (χ1n) is 7.10. The standard InChI is InChI=1S/C18H19NO3S/c1-14-9-11-17(12-10-14)23(21)19(13-18(20)22-3)15(2)16-7-5-4-6-8-16/h4-12H,2,13H2,1,3H3. The summed E-state index contributed by atoms with van der Waals surface area (Å²) in [5.41, 5.74) is 2.39. The molecule has 23 heavy (non-hydrogen) atoms. The van der Waals surface area contributed by atoms with Crippen LogP contribution in [0.15, 0.2) is 66.1 Å². The lowest BCUT2D eigenvalue weighted by Crippen LogP contribution is -2.31. The minimum atomic E-state index is -1.55. The highest BCUT2D eigenvalue weighted by Gasteiger charge is 2.21. The lowest BCUT2D eigenvalue weighted by Gasteiger charge is -2.24. The number of ether oxygens (including phenoxy) is 1. The van der Waals surface area contributed by atoms with Gasteiger partial charge in [0.15, 0.2) is 11.0 Å². The molecule has 0 saturated heterocycles. The molecule has 1 atom stereocenters. The van der Waals surface area contributed by atoms with Gasteiger partial charge in [0, 0.05) is 0 Å². The normalized spacial score (nSPS) is 11.6. The maximum absolute atomic E-state index is 12.9. The fourth-order valence-electron chi connectivity index (χ4n) is 1.99. The first kappa shape index (κ1) is 17.0. The molecule has 120 valence electrons. The van der Waals surface area contributed by atoms with Gasteiger partial charge in [-0.1, -0.05) is 54.6 Å². The van der Waals surface area contributed by atoms with Crippen LogP contribution in [0.3, 0.4) is 0 Å². The van der Waals surface area contributed by atoms with E-state index in [1.165, 1.54) is 11.4 Å². The van der Waals surface area contributed by atoms with Crippen molar-refractivity contribution in [1.29, 1.82) is 0 Å². The number of benzene rings is 2. The van der Waals surface area contributed by atoms with Gasteiger partial charge in [-0.3, -0.25) is 9.10 Å². The molecule has 0 aliphatic heterocycles. The van der Waals surface area contributed by atoms with Gasteiger partial charge in [0.25, 0.3) is 0 Å². The molecule has 0 radical (unpaired) electrons. The first-order chi connectivity index (χ1) is 11.0. The molecule has 0 bridgehead atoms. The first-order valence-corrected chi connectivity index (χ1v) is 8.21. The van der Waals surface area contributed by atoms with Gasteiger partial charge in [-0.15, -0.1) is 0 Å². The van der Waals surface area contributed by atoms with Crippen LogP contribution >= 0.6 is 0 Å². The van der Waals surface area contributed by atoms with E-state index >= 15 is 0 Å². The van der Waals surface area contributed by atoms with Gasteiger partial charge in [0.05, 0.1) is 17.7 Å². The van der Waals surface area contributed by atoms with Gasteiger partial charge < -0.3 is 4.74 Å². The van der Waals surface area contributed by atoms with Crippen molar-refractivity contribution in [1.82, 2.24) is 4.31 Å². The number of aryl methyl sites for hydroxylation is 1. The van der Waals surface area contributed by atoms with Crippen molar-refractivity contribution < 1.29 is 13.7 Å². The van der Waals surface area contributed by atoms with Crippen LogP contribution in [-0.4, -0.2) is 28.1 Å². The Kier molecular flexibility index (Phi) is 5.71. The maximum Gasteiger partial charge on any atom is 0.326 e. The Labute approximate surface area is 139 Å². The monoisotopic (exact) mass is 329 g/mol. The fourth-order valence-corrected chi connectivity index (χ4v) is 3.14. The summed E-state index contributed by atoms with van der Waals surface area (Å²) in [4.78, 5) is 12.3. The summed E-state index contributed by atoms with van der Waals surface area (Å²) >= 11 is 0. The molecular weight excluding hydrogens is 310 g/mol. The van der Waals surface area contributed by atoms with Crippen LogP contribution in [0.5, 0.6) is 0 Å². The van der Waals surface area contributed by atoms with E-state index in [4.69, 9.17) is 4.74 Å². The Morgan fingerprint density at radius 1 is 1.13 bits per heavy atom. The van der Waals surface area contributed by atoms with E-state index in [1.54, 1.807) is 12.1 Å². The molecule has 2 aromatic carbocycles. The van der Waals surface area contributed by atoms with Crippen molar-refractivity contribution in [3.63, 3.8) is 0 Å². The van der Waals surface area contributed by atoms with Crippen LogP contribution in [-0.2, 0) is 20.5 Å². The lowest BCUT2D eigenvalue weighted by atomic mass is 10.2. The molecule has 4 nitrogen and oxygen atoms in total. The second kappa shape index (κ2) is 7.74. The maximum atomic E-state index is 12.9. The molecule has 2 aromatic rings. The van der Waals surface area contributed by atoms with Crippen molar-refractivity contribution in [3.05, 3.63) is 72.3 Å². The predicted octanol–water partition coefficient (Wildman–Crippen LogP) is 3.16. The number of rotatable bonds is 6. The van der Waals surface area contributed by atoms with Crippen LogP contribution in [0.2, 0.25) is 0 Å². The highest BCUT2D eigenvalue weighted by molar-refractivity contribution is 7.83. The third kappa shape index (κ3) is 4.29. The van der Waals surface area contributed by atoms with Crippen molar-refractivity contribution in [3.8, 4) is 0 Å². The van der Waals surface area contributed by atoms with Crippen molar-refractivity contribution >= 4 is 22.7 Å². The molecule has 0 aliphatic carbocycles. The number of carbonyl (C=O) groups is 1. The number of esters is 1. The minimum Gasteiger partial charge on any atom is -0.468 e. The zero-order chi connectivity index (χ0) is 16.8. The Hall–Kier alpha value is -2.40. The SMILES string of the molecule is C=C(c1ccccc1)N(CC(=O)OC)S(=O)c1ccc(C)cc1. The van der Waals surface area contributed by atoms with Gasteiger partial charge in [0.2, 0.25) is 0 Å². The Morgan fingerprint density at radius 2 is 1.74 bits per heavy atom. The smallest absolute Gasteiger partial charge is 0.326 e. The van der Waals surface area contributed by atoms with Crippen LogP contribution < -0.4 is 0 Å². The molecule has 0 amide bonds. The van der Waals surface area contributed by atoms with Gasteiger partial charge in [-0.25, -0.2) is 4.21 Å². The molecule has 0 aromatic heterocycles. The summed E-state index contributed by atoms with van der Waals surface area (Å²) in [6.07, 6.45) is 0. The van der Waals surface area contributed by atoms with E-state index < -0.39 is 17.0 Å². The van der Waals surface area contributed by atoms with E-state index in [0.29, 0.717) is 10.6 Å². The van der Waals surface area contributed by atoms with Crippen LogP contribution in [0.25, 0.3) is 5.70 Å². The van der Waals surface area contributed by atoms with Gasteiger partial charge in [-0.2, -0.15) is 0 Å². The number of hydrogen-bond donors (Lipinski definition) is 0. The number of nitrogens with zero attached hydrogens (tertiary/aromatic N) is 1. The molecule has 0 N–H and O–H groups in total. The summed E-state index contributed by atoms with van der Waals surface area (Å²) in [5, 5.41) is 0. The summed E-state index contributed by atoms with van der Waals surface area (Å²) in [6.45, 7) is 5.83. The molecule has 0 spiro atoms. The largest absolute Gasteiger partial charge is 0.468 e. The summed E-state index contributed by atoms with van der Waals surface area (Å²) in [5.74, 6) is -0.470. The van der Waals surface area contributed by atoms with Gasteiger partial charge in [0.1, 0.15) is 6.54 Å². The zero-order valence-corrected chi connectivity index (χ0v) is 14.0. The summed E-state index contributed by atoms with van der Waals surface area (Å²) < 4.78 is 19.1. The van der Waals surface area contributed by atoms with E-state index in [9.17, 15) is 9.00 Å². The third-order valence-electron chi connectivity index (χ3n) is 3.33. The van der Waals surface area contributed by atoms with Crippen molar-refractivity contribution in [2.24, 2.45) is 0 Å². The predicted molar refractivity (Wildman–Crippen MR) is 91.8 cm³/mol. The Balaban J connectivity index is 2.33. The van der Waals surface area contributed by atoms with Gasteiger partial charge in [-0.05, 0) is 24.6 Å². The zero-order valence-electron chi connectivity index (χ0n) is 13.2. The van der Waals surface area contributed by atoms with Crippen LogP contribution in [0.1, 0.15) is 11.1 Å². The third-order valence-corrected chi connectivity index (χ3v) is 4.76. The van der Waals surface area contributed by atoms with Gasteiger partial charge >= 0.3 is 5.97 Å². The number of methoxy groups -OCH3 is 1. The average molecular weight is 329 g/mol. The second-order valence-corrected chi connectivity index (χ2v) is 6.40. The molecule has 1 unspecified atom stereocenters. The topological polar surface area (TPSA) is 46.6 Å². The molecule has 0 fully saturated rings. The molecule has 5 heteroatoms. The fraction of sp³-hybridized carbons (Fsp3) is 0.167. The molecule has 0 saturated carbocycles. The van der Waals surface area contributed by atoms with Crippen LogP contribution in [0, 0.1) is 6.92 Å². The lowest BCUT2D eigenvalue weighted by molar-refractivity contribution is -0.140. The Morgan fingerprint density at radius 3 is 2.30 bits per heavy atom. The highest BCUT2D eigenvalue weighted by Crippen LogP contribution is 2.23. The van der Waals surface area contributed by atoms with Crippen LogP contribution in [0.4, 0.5) is 0 Å². The number of hydrogen-bond acceptors (Lipinski definition) is 3. The quantitative estimate of drug-likeness (QED) is 0.765.